The molecule has 0 unspecified atom stereocenters. The highest BCUT2D eigenvalue weighted by Gasteiger charge is 2.43. The summed E-state index contributed by atoms with van der Waals surface area (Å²) < 4.78 is 16.3. The number of rotatable bonds is 2. The zero-order chi connectivity index (χ0) is 10.1. The van der Waals surface area contributed by atoms with E-state index in [2.05, 4.69) is 0 Å². The van der Waals surface area contributed by atoms with Crippen LogP contribution < -0.4 is 0 Å². The van der Waals surface area contributed by atoms with E-state index in [1.165, 1.54) is 0 Å². The highest BCUT2D eigenvalue weighted by Crippen LogP contribution is 2.51. The Hall–Kier alpha value is 0.0700. The Morgan fingerprint density at radius 2 is 1.77 bits per heavy atom. The molecule has 1 aliphatic rings. The molecular weight excluding hydrogens is 193 g/mol. The van der Waals surface area contributed by atoms with Crippen LogP contribution in [0.3, 0.4) is 0 Å². The van der Waals surface area contributed by atoms with Gasteiger partial charge in [-0.15, -0.1) is 0 Å². The molecule has 2 N–H and O–H groups in total. The lowest BCUT2D eigenvalue weighted by atomic mass is 10.3. The summed E-state index contributed by atoms with van der Waals surface area (Å²) in [6, 6.07) is 0. The van der Waals surface area contributed by atoms with Crippen molar-refractivity contribution in [2.75, 3.05) is 26.3 Å². The fraction of sp³-hybridized carbons (Fsp3) is 1.00. The predicted molar refractivity (Wildman–Crippen MR) is 48.5 cm³/mol. The van der Waals surface area contributed by atoms with E-state index in [9.17, 15) is 4.57 Å². The SMILES string of the molecule is CC(C)(N1CCOCC1)P(=O)(O)O. The number of nitrogens with zero attached hydrogens (tertiary/aromatic N) is 1. The summed E-state index contributed by atoms with van der Waals surface area (Å²) in [7, 11) is -4.07. The van der Waals surface area contributed by atoms with Crippen molar-refractivity contribution >= 4 is 7.60 Å². The van der Waals surface area contributed by atoms with E-state index in [4.69, 9.17) is 14.5 Å². The Morgan fingerprint density at radius 3 is 2.15 bits per heavy atom. The molecule has 1 saturated heterocycles. The van der Waals surface area contributed by atoms with E-state index in [1.54, 1.807) is 18.7 Å². The van der Waals surface area contributed by atoms with Gasteiger partial charge in [0.15, 0.2) is 0 Å². The largest absolute Gasteiger partial charge is 0.379 e. The maximum Gasteiger partial charge on any atom is 0.345 e. The quantitative estimate of drug-likeness (QED) is 0.637. The summed E-state index contributed by atoms with van der Waals surface area (Å²) in [5.74, 6) is 0. The summed E-state index contributed by atoms with van der Waals surface area (Å²) in [6.45, 7) is 5.39. The molecule has 0 amide bonds. The van der Waals surface area contributed by atoms with Crippen molar-refractivity contribution in [2.24, 2.45) is 0 Å². The molecule has 0 radical (unpaired) electrons. The van der Waals surface area contributed by atoms with Crippen molar-refractivity contribution in [1.82, 2.24) is 4.90 Å². The van der Waals surface area contributed by atoms with E-state index in [0.29, 0.717) is 26.3 Å². The zero-order valence-electron chi connectivity index (χ0n) is 7.93. The third-order valence-electron chi connectivity index (χ3n) is 2.50. The van der Waals surface area contributed by atoms with Gasteiger partial charge in [-0.1, -0.05) is 0 Å². The molecule has 0 aromatic heterocycles. The molecule has 5 nitrogen and oxygen atoms in total. The lowest BCUT2D eigenvalue weighted by Gasteiger charge is -2.40. The molecule has 1 fully saturated rings. The Bertz CT molecular complexity index is 219. The van der Waals surface area contributed by atoms with Gasteiger partial charge in [-0.3, -0.25) is 9.46 Å². The van der Waals surface area contributed by atoms with E-state index >= 15 is 0 Å². The van der Waals surface area contributed by atoms with Gasteiger partial charge >= 0.3 is 7.60 Å². The normalized spacial score (nSPS) is 21.8. The molecule has 0 bridgehead atoms. The Kier molecular flexibility index (Phi) is 3.15. The minimum Gasteiger partial charge on any atom is -0.379 e. The Balaban J connectivity index is 2.73. The van der Waals surface area contributed by atoms with Crippen LogP contribution in [0.25, 0.3) is 0 Å². The Morgan fingerprint density at radius 1 is 1.31 bits per heavy atom. The molecule has 1 rings (SSSR count). The van der Waals surface area contributed by atoms with Gasteiger partial charge in [0.25, 0.3) is 0 Å². The average Bonchev–Trinajstić information content (AvgIpc) is 2.04. The second kappa shape index (κ2) is 3.67. The molecule has 0 aliphatic carbocycles. The first-order valence-corrected chi connectivity index (χ1v) is 5.85. The van der Waals surface area contributed by atoms with Gasteiger partial charge < -0.3 is 14.5 Å². The van der Waals surface area contributed by atoms with Crippen LogP contribution in [-0.2, 0) is 9.30 Å². The highest BCUT2D eigenvalue weighted by atomic mass is 31.2. The van der Waals surface area contributed by atoms with Crippen molar-refractivity contribution < 1.29 is 19.1 Å². The molecule has 13 heavy (non-hydrogen) atoms. The van der Waals surface area contributed by atoms with Crippen LogP contribution in [-0.4, -0.2) is 46.3 Å². The van der Waals surface area contributed by atoms with Gasteiger partial charge in [0.1, 0.15) is 5.28 Å². The van der Waals surface area contributed by atoms with Crippen molar-refractivity contribution in [2.45, 2.75) is 19.1 Å². The van der Waals surface area contributed by atoms with Crippen molar-refractivity contribution in [3.05, 3.63) is 0 Å². The van der Waals surface area contributed by atoms with Gasteiger partial charge in [0.2, 0.25) is 0 Å². The average molecular weight is 209 g/mol. The lowest BCUT2D eigenvalue weighted by Crippen LogP contribution is -2.49. The van der Waals surface area contributed by atoms with Crippen LogP contribution in [0.1, 0.15) is 13.8 Å². The van der Waals surface area contributed by atoms with Crippen molar-refractivity contribution in [3.63, 3.8) is 0 Å². The molecule has 0 atom stereocenters. The summed E-state index contributed by atoms with van der Waals surface area (Å²) in [4.78, 5) is 20.0. The van der Waals surface area contributed by atoms with E-state index in [0.717, 1.165) is 0 Å². The van der Waals surface area contributed by atoms with Crippen LogP contribution in [0.2, 0.25) is 0 Å². The van der Waals surface area contributed by atoms with Crippen LogP contribution in [0.5, 0.6) is 0 Å². The number of hydrogen-bond donors (Lipinski definition) is 2. The van der Waals surface area contributed by atoms with Crippen LogP contribution >= 0.6 is 7.60 Å². The first kappa shape index (κ1) is 11.1. The van der Waals surface area contributed by atoms with E-state index in [-0.39, 0.29) is 0 Å². The maximum atomic E-state index is 11.2. The zero-order valence-corrected chi connectivity index (χ0v) is 8.83. The van der Waals surface area contributed by atoms with Crippen molar-refractivity contribution in [3.8, 4) is 0 Å². The van der Waals surface area contributed by atoms with Crippen LogP contribution in [0.15, 0.2) is 0 Å². The molecule has 6 heteroatoms. The number of hydrogen-bond acceptors (Lipinski definition) is 3. The second-order valence-corrected chi connectivity index (χ2v) is 5.82. The number of morpholine rings is 1. The van der Waals surface area contributed by atoms with Gasteiger partial charge in [0, 0.05) is 13.1 Å². The van der Waals surface area contributed by atoms with E-state index < -0.39 is 12.9 Å². The second-order valence-electron chi connectivity index (χ2n) is 3.64. The standard InChI is InChI=1S/C7H16NO4P/c1-7(2,13(9,10)11)8-3-5-12-6-4-8/h3-6H2,1-2H3,(H2,9,10,11). The topological polar surface area (TPSA) is 70.0 Å². The highest BCUT2D eigenvalue weighted by molar-refractivity contribution is 7.53. The monoisotopic (exact) mass is 209 g/mol. The first-order chi connectivity index (χ1) is 5.86. The fourth-order valence-corrected chi connectivity index (χ4v) is 1.86. The fourth-order valence-electron chi connectivity index (χ4n) is 1.29. The van der Waals surface area contributed by atoms with Crippen molar-refractivity contribution in [1.29, 1.82) is 0 Å². The molecular formula is C7H16NO4P. The summed E-state index contributed by atoms with van der Waals surface area (Å²) in [5.41, 5.74) is 0. The number of ether oxygens (including phenoxy) is 1. The molecule has 0 spiro atoms. The van der Waals surface area contributed by atoms with Gasteiger partial charge in [-0.05, 0) is 13.8 Å². The van der Waals surface area contributed by atoms with E-state index in [1.807, 2.05) is 0 Å². The predicted octanol–water partition coefficient (Wildman–Crippen LogP) is 0.232. The Labute approximate surface area is 77.8 Å². The van der Waals surface area contributed by atoms with Crippen LogP contribution in [0.4, 0.5) is 0 Å². The minimum atomic E-state index is -4.07. The maximum absolute atomic E-state index is 11.2. The third kappa shape index (κ3) is 2.30. The molecule has 1 aliphatic heterocycles. The minimum absolute atomic E-state index is 0.545. The smallest absolute Gasteiger partial charge is 0.345 e. The molecule has 1 heterocycles. The first-order valence-electron chi connectivity index (χ1n) is 4.24. The molecule has 0 saturated carbocycles. The summed E-state index contributed by atoms with van der Waals surface area (Å²) in [5, 5.41) is -1.07. The van der Waals surface area contributed by atoms with Gasteiger partial charge in [0.05, 0.1) is 13.2 Å². The van der Waals surface area contributed by atoms with Gasteiger partial charge in [-0.2, -0.15) is 0 Å². The lowest BCUT2D eigenvalue weighted by molar-refractivity contribution is 0.00717. The van der Waals surface area contributed by atoms with Gasteiger partial charge in [-0.25, -0.2) is 0 Å². The third-order valence-corrected chi connectivity index (χ3v) is 4.21. The summed E-state index contributed by atoms with van der Waals surface area (Å²) >= 11 is 0. The molecule has 0 aromatic carbocycles. The summed E-state index contributed by atoms with van der Waals surface area (Å²) in [6.07, 6.45) is 0. The van der Waals surface area contributed by atoms with Crippen LogP contribution in [0, 0.1) is 0 Å². The molecule has 78 valence electrons. The molecule has 0 aromatic rings.